The highest BCUT2D eigenvalue weighted by molar-refractivity contribution is 6.11. The number of hydrogen-bond acceptors (Lipinski definition) is 3. The Morgan fingerprint density at radius 2 is 1.10 bits per heavy atom. The van der Waals surface area contributed by atoms with E-state index in [1.54, 1.807) is 0 Å². The summed E-state index contributed by atoms with van der Waals surface area (Å²) >= 11 is 0. The van der Waals surface area contributed by atoms with E-state index in [-0.39, 0.29) is 0 Å². The molecule has 3 nitrogen and oxygen atoms in total. The van der Waals surface area contributed by atoms with Gasteiger partial charge >= 0.3 is 0 Å². The maximum atomic E-state index is 8.73. The highest BCUT2D eigenvalue weighted by atomic mass is 16.6. The van der Waals surface area contributed by atoms with Gasteiger partial charge in [-0.3, -0.25) is 5.41 Å². The molecule has 1 N–H and O–H groups in total. The molecule has 1 aliphatic carbocycles. The van der Waals surface area contributed by atoms with Crippen LogP contribution in [0.1, 0.15) is 33.4 Å². The Morgan fingerprint density at radius 3 is 1.80 bits per heavy atom. The molecule has 6 aromatic rings. The lowest BCUT2D eigenvalue weighted by molar-refractivity contribution is 0.360. The van der Waals surface area contributed by atoms with Crippen LogP contribution in [0.4, 0.5) is 0 Å². The summed E-state index contributed by atoms with van der Waals surface area (Å²) in [5, 5.41) is 8.73. The van der Waals surface area contributed by atoms with E-state index >= 15 is 0 Å². The van der Waals surface area contributed by atoms with Crippen molar-refractivity contribution in [1.29, 1.82) is 5.41 Å². The zero-order valence-corrected chi connectivity index (χ0v) is 22.2. The Morgan fingerprint density at radius 1 is 0.488 bits per heavy atom. The molecule has 2 aliphatic rings. The van der Waals surface area contributed by atoms with Gasteiger partial charge in [0.25, 0.3) is 0 Å². The molecule has 0 saturated heterocycles. The number of fused-ring (bicyclic) bond motifs is 6. The summed E-state index contributed by atoms with van der Waals surface area (Å²) in [6, 6.07) is 49.8. The minimum absolute atomic E-state index is 0.446. The van der Waals surface area contributed by atoms with E-state index in [4.69, 9.17) is 14.9 Å². The quantitative estimate of drug-likeness (QED) is 0.232. The third kappa shape index (κ3) is 3.42. The first-order valence-electron chi connectivity index (χ1n) is 13.8. The first kappa shape index (κ1) is 23.5. The summed E-state index contributed by atoms with van der Waals surface area (Å²) in [6.45, 7) is 0. The highest BCUT2D eigenvalue weighted by Gasteiger charge is 2.48. The molecule has 0 fully saturated rings. The Kier molecular flexibility index (Phi) is 5.19. The lowest BCUT2D eigenvalue weighted by Gasteiger charge is -2.34. The molecule has 41 heavy (non-hydrogen) atoms. The zero-order chi connectivity index (χ0) is 27.4. The lowest BCUT2D eigenvalue weighted by Crippen LogP contribution is -2.28. The molecule has 0 aromatic heterocycles. The fourth-order valence-electron chi connectivity index (χ4n) is 6.49. The molecule has 1 aliphatic heterocycles. The van der Waals surface area contributed by atoms with E-state index in [0.29, 0.717) is 23.0 Å². The summed E-state index contributed by atoms with van der Waals surface area (Å²) in [5.74, 6) is 2.65. The van der Waals surface area contributed by atoms with Gasteiger partial charge in [-0.25, -0.2) is 0 Å². The monoisotopic (exact) mass is 527 g/mol. The van der Waals surface area contributed by atoms with Gasteiger partial charge in [0.2, 0.25) is 0 Å². The van der Waals surface area contributed by atoms with Gasteiger partial charge in [-0.15, -0.1) is 0 Å². The van der Waals surface area contributed by atoms with Crippen molar-refractivity contribution in [3.05, 3.63) is 179 Å². The van der Waals surface area contributed by atoms with Crippen molar-refractivity contribution in [2.75, 3.05) is 0 Å². The van der Waals surface area contributed by atoms with E-state index in [0.717, 1.165) is 28.0 Å². The van der Waals surface area contributed by atoms with Crippen LogP contribution in [0.3, 0.4) is 0 Å². The molecule has 0 spiro atoms. The summed E-state index contributed by atoms with van der Waals surface area (Å²) in [6.07, 6.45) is 0. The van der Waals surface area contributed by atoms with E-state index in [1.165, 1.54) is 22.3 Å². The van der Waals surface area contributed by atoms with Gasteiger partial charge in [0.05, 0.1) is 11.1 Å². The third-order valence-electron chi connectivity index (χ3n) is 8.27. The van der Waals surface area contributed by atoms with Crippen LogP contribution in [0.5, 0.6) is 23.0 Å². The van der Waals surface area contributed by atoms with Crippen molar-refractivity contribution >= 4 is 5.71 Å². The molecule has 0 saturated carbocycles. The second-order valence-electron chi connectivity index (χ2n) is 10.4. The van der Waals surface area contributed by atoms with Crippen LogP contribution in [0.2, 0.25) is 0 Å². The van der Waals surface area contributed by atoms with Crippen molar-refractivity contribution in [1.82, 2.24) is 0 Å². The van der Waals surface area contributed by atoms with Crippen molar-refractivity contribution in [3.63, 3.8) is 0 Å². The molecule has 0 bridgehead atoms. The number of rotatable bonds is 4. The molecule has 194 valence electrons. The van der Waals surface area contributed by atoms with E-state index in [1.807, 2.05) is 54.6 Å². The predicted molar refractivity (Wildman–Crippen MR) is 163 cm³/mol. The van der Waals surface area contributed by atoms with Crippen LogP contribution in [0.15, 0.2) is 146 Å². The van der Waals surface area contributed by atoms with Gasteiger partial charge in [-0.05, 0) is 57.6 Å². The number of benzene rings is 6. The average molecular weight is 528 g/mol. The topological polar surface area (TPSA) is 42.3 Å². The van der Waals surface area contributed by atoms with E-state index < -0.39 is 5.41 Å². The van der Waals surface area contributed by atoms with Gasteiger partial charge in [0, 0.05) is 11.1 Å². The zero-order valence-electron chi connectivity index (χ0n) is 22.2. The predicted octanol–water partition coefficient (Wildman–Crippen LogP) is 9.36. The van der Waals surface area contributed by atoms with Crippen LogP contribution in [-0.4, -0.2) is 5.71 Å². The molecule has 0 radical (unpaired) electrons. The fourth-order valence-corrected chi connectivity index (χ4v) is 6.49. The molecule has 1 heterocycles. The SMILES string of the molecule is N=C(c1ccccc1)c1ccc2c(c1)Oc1ccc3c(c1O2)-c1ccccc1C3(c1ccccc1)c1ccccc1. The van der Waals surface area contributed by atoms with Crippen LogP contribution in [0.25, 0.3) is 11.1 Å². The first-order chi connectivity index (χ1) is 20.2. The van der Waals surface area contributed by atoms with Crippen molar-refractivity contribution in [2.24, 2.45) is 0 Å². The molecular weight excluding hydrogens is 502 g/mol. The Hall–Kier alpha value is -5.41. The van der Waals surface area contributed by atoms with Gasteiger partial charge < -0.3 is 9.47 Å². The largest absolute Gasteiger partial charge is 0.449 e. The van der Waals surface area contributed by atoms with Crippen molar-refractivity contribution < 1.29 is 9.47 Å². The number of hydrogen-bond donors (Lipinski definition) is 1. The number of ether oxygens (including phenoxy) is 2. The second kappa shape index (κ2) is 9.07. The molecule has 0 amide bonds. The Bertz CT molecular complexity index is 1910. The standard InChI is InChI=1S/C38H25NO2/c39-36(25-12-4-1-5-13-25)26-20-22-32-34(24-26)40-33-23-21-31-35(37(33)41-32)29-18-10-11-19-30(29)38(31,27-14-6-2-7-15-27)28-16-8-3-9-17-28/h1-24,39H. The molecule has 3 heteroatoms. The van der Waals surface area contributed by atoms with Gasteiger partial charge in [-0.1, -0.05) is 121 Å². The first-order valence-corrected chi connectivity index (χ1v) is 13.8. The van der Waals surface area contributed by atoms with E-state index in [2.05, 4.69) is 91.0 Å². The van der Waals surface area contributed by atoms with Crippen LogP contribution >= 0.6 is 0 Å². The maximum Gasteiger partial charge on any atom is 0.178 e. The van der Waals surface area contributed by atoms with Crippen LogP contribution in [0, 0.1) is 5.41 Å². The molecule has 0 unspecified atom stereocenters. The summed E-state index contributed by atoms with van der Waals surface area (Å²) < 4.78 is 13.2. The Balaban J connectivity index is 1.31. The van der Waals surface area contributed by atoms with Gasteiger partial charge in [0.15, 0.2) is 23.0 Å². The smallest absolute Gasteiger partial charge is 0.178 e. The van der Waals surface area contributed by atoms with Crippen LogP contribution in [-0.2, 0) is 5.41 Å². The lowest BCUT2D eigenvalue weighted by atomic mass is 9.68. The second-order valence-corrected chi connectivity index (χ2v) is 10.4. The van der Waals surface area contributed by atoms with Crippen LogP contribution < -0.4 is 9.47 Å². The molecule has 6 aromatic carbocycles. The Labute approximate surface area is 238 Å². The highest BCUT2D eigenvalue weighted by Crippen LogP contribution is 2.62. The van der Waals surface area contributed by atoms with Gasteiger partial charge in [-0.2, -0.15) is 0 Å². The molecular formula is C38H25NO2. The normalized spacial score (nSPS) is 13.6. The van der Waals surface area contributed by atoms with E-state index in [9.17, 15) is 0 Å². The van der Waals surface area contributed by atoms with Crippen molar-refractivity contribution in [2.45, 2.75) is 5.41 Å². The summed E-state index contributed by atoms with van der Waals surface area (Å²) in [4.78, 5) is 0. The minimum Gasteiger partial charge on any atom is -0.449 e. The fraction of sp³-hybridized carbons (Fsp3) is 0.0263. The average Bonchev–Trinajstić information content (AvgIpc) is 3.36. The summed E-state index contributed by atoms with van der Waals surface area (Å²) in [5.41, 5.74) is 8.59. The maximum absolute atomic E-state index is 8.73. The third-order valence-corrected chi connectivity index (χ3v) is 8.27. The molecule has 8 rings (SSSR count). The molecule has 0 atom stereocenters. The van der Waals surface area contributed by atoms with Crippen molar-refractivity contribution in [3.8, 4) is 34.1 Å². The minimum atomic E-state index is -0.498. The number of nitrogens with one attached hydrogen (secondary N) is 1. The summed E-state index contributed by atoms with van der Waals surface area (Å²) in [7, 11) is 0. The van der Waals surface area contributed by atoms with Gasteiger partial charge in [0.1, 0.15) is 0 Å².